The maximum atomic E-state index is 5.29. The van der Waals surface area contributed by atoms with Crippen molar-refractivity contribution in [1.82, 2.24) is 0 Å². The summed E-state index contributed by atoms with van der Waals surface area (Å²) in [6.45, 7) is 8.29. The highest BCUT2D eigenvalue weighted by Gasteiger charge is 1.99. The van der Waals surface area contributed by atoms with E-state index in [-0.39, 0.29) is 0 Å². The number of nitrogens with zero attached hydrogens (tertiary/aromatic N) is 1. The average Bonchev–Trinajstić information content (AvgIpc) is 2.20. The van der Waals surface area contributed by atoms with Crippen LogP contribution in [0.3, 0.4) is 0 Å². The van der Waals surface area contributed by atoms with Crippen molar-refractivity contribution in [3.63, 3.8) is 0 Å². The lowest BCUT2D eigenvalue weighted by Gasteiger charge is -2.05. The second-order valence-electron chi connectivity index (χ2n) is 3.40. The van der Waals surface area contributed by atoms with Crippen LogP contribution in [0, 0.1) is 13.8 Å². The number of oxime groups is 1. The van der Waals surface area contributed by atoms with E-state index in [9.17, 15) is 0 Å². The van der Waals surface area contributed by atoms with Crippen LogP contribution in [0.25, 0.3) is 0 Å². The molecule has 82 valence electrons. The normalized spacial score (nSPS) is 11.3. The fourth-order valence-corrected chi connectivity index (χ4v) is 1.15. The predicted molar refractivity (Wildman–Crippen MR) is 61.3 cm³/mol. The Bertz CT molecular complexity index is 359. The highest BCUT2D eigenvalue weighted by molar-refractivity contribution is 5.72. The number of hydrogen-bond donors (Lipinski definition) is 0. The van der Waals surface area contributed by atoms with E-state index in [1.165, 1.54) is 0 Å². The lowest BCUT2D eigenvalue weighted by Crippen LogP contribution is -2.01. The van der Waals surface area contributed by atoms with Gasteiger partial charge in [0.2, 0.25) is 5.90 Å². The Hall–Kier alpha value is -1.51. The van der Waals surface area contributed by atoms with Gasteiger partial charge in [0.25, 0.3) is 0 Å². The first-order valence-corrected chi connectivity index (χ1v) is 5.05. The van der Waals surface area contributed by atoms with E-state index in [1.54, 1.807) is 6.92 Å². The molecule has 0 atom stereocenters. The maximum absolute atomic E-state index is 5.29. The van der Waals surface area contributed by atoms with Crippen molar-refractivity contribution in [1.29, 1.82) is 0 Å². The minimum Gasteiger partial charge on any atom is -0.479 e. The molecule has 0 aliphatic rings. The van der Waals surface area contributed by atoms with E-state index in [4.69, 9.17) is 9.57 Å². The minimum atomic E-state index is 0.540. The standard InChI is InChI=1S/C12H17NO2/c1-5-14-11(4)13-15-12-8-9(2)6-7-10(12)3/h6-8H,5H2,1-4H3/b13-11+. The van der Waals surface area contributed by atoms with Crippen molar-refractivity contribution >= 4 is 5.90 Å². The van der Waals surface area contributed by atoms with Gasteiger partial charge >= 0.3 is 0 Å². The van der Waals surface area contributed by atoms with Crippen LogP contribution in [0.5, 0.6) is 5.75 Å². The van der Waals surface area contributed by atoms with Crippen LogP contribution >= 0.6 is 0 Å². The summed E-state index contributed by atoms with van der Waals surface area (Å²) in [7, 11) is 0. The summed E-state index contributed by atoms with van der Waals surface area (Å²) in [6, 6.07) is 6.01. The average molecular weight is 207 g/mol. The van der Waals surface area contributed by atoms with Crippen molar-refractivity contribution in [2.75, 3.05) is 6.61 Å². The van der Waals surface area contributed by atoms with E-state index in [2.05, 4.69) is 5.16 Å². The molecule has 3 heteroatoms. The Kier molecular flexibility index (Phi) is 4.16. The van der Waals surface area contributed by atoms with Crippen LogP contribution in [-0.2, 0) is 4.74 Å². The summed E-state index contributed by atoms with van der Waals surface area (Å²) in [6.07, 6.45) is 0. The first-order chi connectivity index (χ1) is 7.13. The third-order valence-corrected chi connectivity index (χ3v) is 1.97. The van der Waals surface area contributed by atoms with Crippen molar-refractivity contribution in [2.45, 2.75) is 27.7 Å². The fourth-order valence-electron chi connectivity index (χ4n) is 1.15. The molecule has 0 aliphatic heterocycles. The summed E-state index contributed by atoms with van der Waals surface area (Å²) < 4.78 is 5.16. The van der Waals surface area contributed by atoms with Crippen LogP contribution < -0.4 is 4.84 Å². The molecular weight excluding hydrogens is 190 g/mol. The molecular formula is C12H17NO2. The first kappa shape index (κ1) is 11.6. The van der Waals surface area contributed by atoms with Gasteiger partial charge in [0.15, 0.2) is 5.75 Å². The lowest BCUT2D eigenvalue weighted by molar-refractivity contribution is 0.275. The van der Waals surface area contributed by atoms with Gasteiger partial charge in [-0.3, -0.25) is 0 Å². The quantitative estimate of drug-likeness (QED) is 0.433. The van der Waals surface area contributed by atoms with Crippen LogP contribution in [0.15, 0.2) is 23.4 Å². The Balaban J connectivity index is 2.72. The molecule has 1 aromatic rings. The van der Waals surface area contributed by atoms with E-state index in [0.29, 0.717) is 12.5 Å². The van der Waals surface area contributed by atoms with Gasteiger partial charge < -0.3 is 9.57 Å². The maximum Gasteiger partial charge on any atom is 0.223 e. The second-order valence-corrected chi connectivity index (χ2v) is 3.40. The molecule has 1 rings (SSSR count). The van der Waals surface area contributed by atoms with Crippen molar-refractivity contribution in [3.8, 4) is 5.75 Å². The second kappa shape index (κ2) is 5.39. The van der Waals surface area contributed by atoms with E-state index >= 15 is 0 Å². The molecule has 0 heterocycles. The largest absolute Gasteiger partial charge is 0.479 e. The molecule has 1 aromatic carbocycles. The molecule has 0 N–H and O–H groups in total. The number of aryl methyl sites for hydroxylation is 2. The summed E-state index contributed by atoms with van der Waals surface area (Å²) in [4.78, 5) is 5.29. The van der Waals surface area contributed by atoms with Gasteiger partial charge in [-0.15, -0.1) is 0 Å². The summed E-state index contributed by atoms with van der Waals surface area (Å²) in [5.41, 5.74) is 2.22. The van der Waals surface area contributed by atoms with Crippen LogP contribution in [0.1, 0.15) is 25.0 Å². The number of rotatable bonds is 3. The van der Waals surface area contributed by atoms with E-state index in [0.717, 1.165) is 16.9 Å². The zero-order valence-corrected chi connectivity index (χ0v) is 9.70. The number of benzene rings is 1. The van der Waals surface area contributed by atoms with Gasteiger partial charge in [0.05, 0.1) is 6.61 Å². The highest BCUT2D eigenvalue weighted by atomic mass is 16.6. The Morgan fingerprint density at radius 1 is 1.33 bits per heavy atom. The molecule has 0 unspecified atom stereocenters. The molecule has 0 amide bonds. The van der Waals surface area contributed by atoms with E-state index < -0.39 is 0 Å². The molecule has 0 saturated carbocycles. The number of hydrogen-bond acceptors (Lipinski definition) is 3. The first-order valence-electron chi connectivity index (χ1n) is 5.05. The predicted octanol–water partition coefficient (Wildman–Crippen LogP) is 3.05. The summed E-state index contributed by atoms with van der Waals surface area (Å²) in [5, 5.41) is 3.88. The minimum absolute atomic E-state index is 0.540. The van der Waals surface area contributed by atoms with E-state index in [1.807, 2.05) is 39.0 Å². The fraction of sp³-hybridized carbons (Fsp3) is 0.417. The molecule has 0 bridgehead atoms. The van der Waals surface area contributed by atoms with Crippen LogP contribution in [0.2, 0.25) is 0 Å². The Morgan fingerprint density at radius 2 is 2.07 bits per heavy atom. The van der Waals surface area contributed by atoms with Gasteiger partial charge in [-0.05, 0) is 43.1 Å². The van der Waals surface area contributed by atoms with Crippen LogP contribution in [-0.4, -0.2) is 12.5 Å². The highest BCUT2D eigenvalue weighted by Crippen LogP contribution is 2.19. The Morgan fingerprint density at radius 3 is 2.73 bits per heavy atom. The zero-order valence-electron chi connectivity index (χ0n) is 9.70. The molecule has 0 aromatic heterocycles. The third-order valence-electron chi connectivity index (χ3n) is 1.97. The van der Waals surface area contributed by atoms with Crippen molar-refractivity contribution in [2.24, 2.45) is 5.16 Å². The zero-order chi connectivity index (χ0) is 11.3. The van der Waals surface area contributed by atoms with Gasteiger partial charge in [-0.25, -0.2) is 0 Å². The topological polar surface area (TPSA) is 30.8 Å². The smallest absolute Gasteiger partial charge is 0.223 e. The molecule has 0 radical (unpaired) electrons. The monoisotopic (exact) mass is 207 g/mol. The van der Waals surface area contributed by atoms with Gasteiger partial charge in [0.1, 0.15) is 0 Å². The van der Waals surface area contributed by atoms with Gasteiger partial charge in [-0.1, -0.05) is 12.1 Å². The molecule has 0 aliphatic carbocycles. The van der Waals surface area contributed by atoms with Crippen molar-refractivity contribution < 1.29 is 9.57 Å². The van der Waals surface area contributed by atoms with Gasteiger partial charge in [0, 0.05) is 6.92 Å². The summed E-state index contributed by atoms with van der Waals surface area (Å²) in [5.74, 6) is 1.31. The lowest BCUT2D eigenvalue weighted by atomic mass is 10.1. The van der Waals surface area contributed by atoms with Crippen LogP contribution in [0.4, 0.5) is 0 Å². The molecule has 0 fully saturated rings. The molecule has 3 nitrogen and oxygen atoms in total. The SMILES string of the molecule is CCO/C(C)=N/Oc1cc(C)ccc1C. The molecule has 15 heavy (non-hydrogen) atoms. The van der Waals surface area contributed by atoms with Gasteiger partial charge in [-0.2, -0.15) is 0 Å². The van der Waals surface area contributed by atoms with Crippen molar-refractivity contribution in [3.05, 3.63) is 29.3 Å². The molecule has 0 saturated heterocycles. The Labute approximate surface area is 90.7 Å². The summed E-state index contributed by atoms with van der Waals surface area (Å²) >= 11 is 0. The number of ether oxygens (including phenoxy) is 1. The molecule has 0 spiro atoms. The third kappa shape index (κ3) is 3.62.